The summed E-state index contributed by atoms with van der Waals surface area (Å²) in [5, 5.41) is 0.395. The largest absolute Gasteiger partial charge is 0.295 e. The zero-order valence-electron chi connectivity index (χ0n) is 8.23. The van der Waals surface area contributed by atoms with E-state index in [0.717, 1.165) is 0 Å². The molecule has 0 aliphatic carbocycles. The Labute approximate surface area is 95.8 Å². The van der Waals surface area contributed by atoms with E-state index in [4.69, 9.17) is 11.6 Å². The van der Waals surface area contributed by atoms with Crippen LogP contribution in [-0.4, -0.2) is 9.55 Å². The van der Waals surface area contributed by atoms with Crippen LogP contribution in [0.25, 0.3) is 10.9 Å². The van der Waals surface area contributed by atoms with Gasteiger partial charge in [0.2, 0.25) is 0 Å². The summed E-state index contributed by atoms with van der Waals surface area (Å²) >= 11 is 5.38. The minimum absolute atomic E-state index is 0.209. The maximum atomic E-state index is 12.9. The molecule has 0 saturated carbocycles. The standard InChI is InChI=1S/C11H8ClFN2O/c12-4-1-5-15-7-14-10-6-8(13)2-3-9(10)11(15)16/h1-4,6-7H,5H2/b4-1+. The van der Waals surface area contributed by atoms with Gasteiger partial charge in [-0.3, -0.25) is 9.36 Å². The average Bonchev–Trinajstić information content (AvgIpc) is 2.28. The zero-order valence-corrected chi connectivity index (χ0v) is 8.99. The summed E-state index contributed by atoms with van der Waals surface area (Å²) in [6, 6.07) is 3.91. The zero-order chi connectivity index (χ0) is 11.5. The molecule has 0 N–H and O–H groups in total. The van der Waals surface area contributed by atoms with Crippen LogP contribution in [-0.2, 0) is 6.54 Å². The smallest absolute Gasteiger partial charge is 0.261 e. The van der Waals surface area contributed by atoms with Crippen LogP contribution in [0.3, 0.4) is 0 Å². The molecule has 0 saturated heterocycles. The Morgan fingerprint density at radius 2 is 2.31 bits per heavy atom. The van der Waals surface area contributed by atoms with Gasteiger partial charge in [-0.1, -0.05) is 17.7 Å². The molecule has 0 unspecified atom stereocenters. The molecule has 16 heavy (non-hydrogen) atoms. The highest BCUT2D eigenvalue weighted by Crippen LogP contribution is 2.08. The van der Waals surface area contributed by atoms with Gasteiger partial charge in [0.25, 0.3) is 5.56 Å². The van der Waals surface area contributed by atoms with Crippen molar-refractivity contribution in [2.75, 3.05) is 0 Å². The molecule has 5 heteroatoms. The van der Waals surface area contributed by atoms with Crippen molar-refractivity contribution in [3.05, 3.63) is 52.3 Å². The lowest BCUT2D eigenvalue weighted by molar-refractivity contribution is 0.629. The van der Waals surface area contributed by atoms with Crippen LogP contribution in [0.4, 0.5) is 4.39 Å². The summed E-state index contributed by atoms with van der Waals surface area (Å²) in [5.41, 5.74) is 1.48. The van der Waals surface area contributed by atoms with E-state index in [0.29, 0.717) is 17.4 Å². The minimum atomic E-state index is -0.405. The van der Waals surface area contributed by atoms with Gasteiger partial charge in [-0.25, -0.2) is 9.37 Å². The molecule has 2 rings (SSSR count). The highest BCUT2D eigenvalue weighted by Gasteiger charge is 2.03. The molecule has 0 radical (unpaired) electrons. The van der Waals surface area contributed by atoms with Gasteiger partial charge < -0.3 is 0 Å². The van der Waals surface area contributed by atoms with E-state index in [9.17, 15) is 9.18 Å². The Hall–Kier alpha value is -1.68. The summed E-state index contributed by atoms with van der Waals surface area (Å²) in [6.45, 7) is 0.350. The Morgan fingerprint density at radius 3 is 3.06 bits per heavy atom. The van der Waals surface area contributed by atoms with Crippen molar-refractivity contribution in [2.24, 2.45) is 0 Å². The minimum Gasteiger partial charge on any atom is -0.295 e. The molecule has 0 spiro atoms. The van der Waals surface area contributed by atoms with Crippen LogP contribution in [0.1, 0.15) is 0 Å². The second-order valence-electron chi connectivity index (χ2n) is 3.23. The van der Waals surface area contributed by atoms with Crippen LogP contribution >= 0.6 is 11.6 Å². The van der Waals surface area contributed by atoms with Crippen LogP contribution < -0.4 is 5.56 Å². The first-order valence-corrected chi connectivity index (χ1v) is 5.06. The highest BCUT2D eigenvalue weighted by molar-refractivity contribution is 6.25. The van der Waals surface area contributed by atoms with Crippen LogP contribution in [0.15, 0.2) is 40.9 Å². The van der Waals surface area contributed by atoms with E-state index >= 15 is 0 Å². The molecule has 1 aromatic heterocycles. The molecule has 0 atom stereocenters. The molecule has 0 fully saturated rings. The number of benzene rings is 1. The fraction of sp³-hybridized carbons (Fsp3) is 0.0909. The van der Waals surface area contributed by atoms with Gasteiger partial charge in [-0.05, 0) is 12.1 Å². The van der Waals surface area contributed by atoms with Gasteiger partial charge in [-0.15, -0.1) is 0 Å². The van der Waals surface area contributed by atoms with Gasteiger partial charge >= 0.3 is 0 Å². The number of fused-ring (bicyclic) bond motifs is 1. The lowest BCUT2D eigenvalue weighted by Crippen LogP contribution is -2.19. The first-order valence-electron chi connectivity index (χ1n) is 4.62. The number of aromatic nitrogens is 2. The van der Waals surface area contributed by atoms with Gasteiger partial charge in [0, 0.05) is 18.1 Å². The summed E-state index contributed by atoms with van der Waals surface area (Å²) in [6.07, 6.45) is 3.00. The molecule has 0 aliphatic rings. The van der Waals surface area contributed by atoms with Crippen LogP contribution in [0, 0.1) is 5.82 Å². The van der Waals surface area contributed by atoms with Crippen LogP contribution in [0.2, 0.25) is 0 Å². The van der Waals surface area contributed by atoms with E-state index in [1.165, 1.54) is 34.6 Å². The van der Waals surface area contributed by atoms with E-state index in [2.05, 4.69) is 4.98 Å². The predicted octanol–water partition coefficient (Wildman–Crippen LogP) is 2.29. The average molecular weight is 239 g/mol. The third-order valence-electron chi connectivity index (χ3n) is 2.18. The molecule has 2 aromatic rings. The van der Waals surface area contributed by atoms with E-state index in [1.807, 2.05) is 0 Å². The van der Waals surface area contributed by atoms with Crippen molar-refractivity contribution in [1.82, 2.24) is 9.55 Å². The Balaban J connectivity index is 2.61. The Morgan fingerprint density at radius 1 is 1.50 bits per heavy atom. The highest BCUT2D eigenvalue weighted by atomic mass is 35.5. The molecule has 1 aromatic carbocycles. The van der Waals surface area contributed by atoms with Crippen LogP contribution in [0.5, 0.6) is 0 Å². The molecule has 3 nitrogen and oxygen atoms in total. The topological polar surface area (TPSA) is 34.9 Å². The lowest BCUT2D eigenvalue weighted by atomic mass is 10.2. The first kappa shape index (κ1) is 10.8. The molecule has 0 aliphatic heterocycles. The van der Waals surface area contributed by atoms with Gasteiger partial charge in [0.15, 0.2) is 0 Å². The van der Waals surface area contributed by atoms with Crippen molar-refractivity contribution in [3.63, 3.8) is 0 Å². The van der Waals surface area contributed by atoms with Gasteiger partial charge in [0.05, 0.1) is 17.2 Å². The van der Waals surface area contributed by atoms with E-state index in [-0.39, 0.29) is 5.56 Å². The molecule has 1 heterocycles. The fourth-order valence-electron chi connectivity index (χ4n) is 1.41. The lowest BCUT2D eigenvalue weighted by Gasteiger charge is -2.03. The molecule has 0 amide bonds. The number of hydrogen-bond donors (Lipinski definition) is 0. The number of rotatable bonds is 2. The summed E-state index contributed by atoms with van der Waals surface area (Å²) in [5.74, 6) is -0.405. The third-order valence-corrected chi connectivity index (χ3v) is 2.36. The maximum absolute atomic E-state index is 12.9. The van der Waals surface area contributed by atoms with Crippen molar-refractivity contribution < 1.29 is 4.39 Å². The van der Waals surface area contributed by atoms with Crippen molar-refractivity contribution in [1.29, 1.82) is 0 Å². The van der Waals surface area contributed by atoms with Crippen molar-refractivity contribution >= 4 is 22.5 Å². The van der Waals surface area contributed by atoms with Crippen molar-refractivity contribution in [2.45, 2.75) is 6.54 Å². The summed E-state index contributed by atoms with van der Waals surface area (Å²) in [4.78, 5) is 15.9. The second-order valence-corrected chi connectivity index (χ2v) is 3.48. The summed E-state index contributed by atoms with van der Waals surface area (Å²) < 4.78 is 14.3. The number of nitrogens with zero attached hydrogens (tertiary/aromatic N) is 2. The maximum Gasteiger partial charge on any atom is 0.261 e. The van der Waals surface area contributed by atoms with E-state index < -0.39 is 5.82 Å². The molecular weight excluding hydrogens is 231 g/mol. The molecular formula is C11H8ClFN2O. The Bertz CT molecular complexity index is 606. The van der Waals surface area contributed by atoms with E-state index in [1.54, 1.807) is 6.08 Å². The first-order chi connectivity index (χ1) is 7.72. The number of allylic oxidation sites excluding steroid dienone is 1. The predicted molar refractivity (Wildman–Crippen MR) is 61.0 cm³/mol. The molecule has 82 valence electrons. The second kappa shape index (κ2) is 4.45. The Kier molecular flexibility index (Phi) is 3.01. The van der Waals surface area contributed by atoms with Gasteiger partial charge in [-0.2, -0.15) is 0 Å². The monoisotopic (exact) mass is 238 g/mol. The van der Waals surface area contributed by atoms with Crippen molar-refractivity contribution in [3.8, 4) is 0 Å². The summed E-state index contributed by atoms with van der Waals surface area (Å²) in [7, 11) is 0. The third kappa shape index (κ3) is 1.97. The quantitative estimate of drug-likeness (QED) is 0.805. The fourth-order valence-corrected chi connectivity index (χ4v) is 1.49. The normalized spacial score (nSPS) is 11.4. The number of hydrogen-bond acceptors (Lipinski definition) is 2. The van der Waals surface area contributed by atoms with Gasteiger partial charge in [0.1, 0.15) is 5.82 Å². The number of halogens is 2. The molecule has 0 bridgehead atoms. The SMILES string of the molecule is O=c1c2ccc(F)cc2ncn1C/C=C/Cl.